The number of hydrogen-bond acceptors (Lipinski definition) is 4. The van der Waals surface area contributed by atoms with Crippen molar-refractivity contribution >= 4 is 21.8 Å². The van der Waals surface area contributed by atoms with E-state index in [0.29, 0.717) is 5.82 Å². The van der Waals surface area contributed by atoms with Gasteiger partial charge in [0, 0.05) is 39.2 Å². The van der Waals surface area contributed by atoms with E-state index >= 15 is 0 Å². The van der Waals surface area contributed by atoms with E-state index < -0.39 is 0 Å². The molecular formula is C34H22N4. The lowest BCUT2D eigenvalue weighted by molar-refractivity contribution is 1.18. The van der Waals surface area contributed by atoms with Crippen LogP contribution in [0.25, 0.3) is 67.0 Å². The van der Waals surface area contributed by atoms with Crippen molar-refractivity contribution in [2.24, 2.45) is 0 Å². The van der Waals surface area contributed by atoms with Crippen molar-refractivity contribution in [2.45, 2.75) is 0 Å². The maximum atomic E-state index is 5.04. The first-order chi connectivity index (χ1) is 18.8. The first-order valence-corrected chi connectivity index (χ1v) is 12.6. The van der Waals surface area contributed by atoms with E-state index in [2.05, 4.69) is 77.8 Å². The first kappa shape index (κ1) is 22.0. The van der Waals surface area contributed by atoms with Crippen LogP contribution < -0.4 is 0 Å². The predicted molar refractivity (Wildman–Crippen MR) is 154 cm³/mol. The van der Waals surface area contributed by atoms with Crippen LogP contribution in [-0.2, 0) is 0 Å². The highest BCUT2D eigenvalue weighted by Gasteiger charge is 2.12. The number of nitrogens with zero attached hydrogens (tertiary/aromatic N) is 4. The van der Waals surface area contributed by atoms with E-state index in [1.165, 1.54) is 0 Å². The topological polar surface area (TPSA) is 51.6 Å². The lowest BCUT2D eigenvalue weighted by Crippen LogP contribution is -1.96. The van der Waals surface area contributed by atoms with Crippen molar-refractivity contribution in [1.29, 1.82) is 0 Å². The third kappa shape index (κ3) is 4.08. The molecule has 3 heterocycles. The van der Waals surface area contributed by atoms with Crippen LogP contribution in [-0.4, -0.2) is 19.9 Å². The van der Waals surface area contributed by atoms with Crippen LogP contribution in [0.2, 0.25) is 0 Å². The quantitative estimate of drug-likeness (QED) is 0.235. The van der Waals surface area contributed by atoms with Gasteiger partial charge in [0.1, 0.15) is 0 Å². The van der Waals surface area contributed by atoms with Crippen LogP contribution in [0.15, 0.2) is 134 Å². The zero-order chi connectivity index (χ0) is 25.3. The summed E-state index contributed by atoms with van der Waals surface area (Å²) < 4.78 is 0. The van der Waals surface area contributed by atoms with Crippen LogP contribution in [0.5, 0.6) is 0 Å². The lowest BCUT2D eigenvalue weighted by atomic mass is 10.0. The van der Waals surface area contributed by atoms with Gasteiger partial charge in [-0.1, -0.05) is 103 Å². The number of pyridine rings is 2. The molecule has 0 aliphatic carbocycles. The molecule has 7 rings (SSSR count). The smallest absolute Gasteiger partial charge is 0.160 e. The van der Waals surface area contributed by atoms with E-state index in [1.807, 2.05) is 60.8 Å². The zero-order valence-electron chi connectivity index (χ0n) is 20.5. The molecule has 0 radical (unpaired) electrons. The van der Waals surface area contributed by atoms with Gasteiger partial charge in [-0.2, -0.15) is 0 Å². The van der Waals surface area contributed by atoms with E-state index in [-0.39, 0.29) is 0 Å². The molecule has 4 nitrogen and oxygen atoms in total. The number of rotatable bonds is 4. The van der Waals surface area contributed by atoms with Gasteiger partial charge in [0.25, 0.3) is 0 Å². The molecule has 0 aliphatic rings. The molecule has 0 saturated heterocycles. The zero-order valence-corrected chi connectivity index (χ0v) is 20.5. The first-order valence-electron chi connectivity index (χ1n) is 12.6. The molecular weight excluding hydrogens is 464 g/mol. The Hall–Kier alpha value is -5.22. The van der Waals surface area contributed by atoms with Gasteiger partial charge in [-0.3, -0.25) is 4.98 Å². The standard InChI is InChI=1S/C34H22N4/c1-3-9-23(10-4-1)30-22-31(38-34(37-30)26-11-5-2-6-12-26)28-14-7-13-27(21-28)29-19-18-25-17-16-24-15-8-20-35-32(24)33(25)36-29/h1-22H. The second kappa shape index (κ2) is 9.34. The van der Waals surface area contributed by atoms with Gasteiger partial charge in [0.2, 0.25) is 0 Å². The summed E-state index contributed by atoms with van der Waals surface area (Å²) in [5.74, 6) is 0.703. The van der Waals surface area contributed by atoms with Crippen molar-refractivity contribution in [2.75, 3.05) is 0 Å². The van der Waals surface area contributed by atoms with Gasteiger partial charge in [0.05, 0.1) is 28.1 Å². The summed E-state index contributed by atoms with van der Waals surface area (Å²) in [7, 11) is 0. The molecule has 178 valence electrons. The maximum absolute atomic E-state index is 5.04. The average Bonchev–Trinajstić information content (AvgIpc) is 3.01. The Balaban J connectivity index is 1.37. The molecule has 0 amide bonds. The highest BCUT2D eigenvalue weighted by atomic mass is 14.9. The SMILES string of the molecule is c1ccc(-c2cc(-c3cccc(-c4ccc5ccc6cccnc6c5n4)c3)nc(-c3ccccc3)n2)cc1. The van der Waals surface area contributed by atoms with Crippen molar-refractivity contribution < 1.29 is 0 Å². The summed E-state index contributed by atoms with van der Waals surface area (Å²) >= 11 is 0. The minimum atomic E-state index is 0.703. The monoisotopic (exact) mass is 486 g/mol. The summed E-state index contributed by atoms with van der Waals surface area (Å²) in [4.78, 5) is 19.5. The molecule has 0 bridgehead atoms. The third-order valence-corrected chi connectivity index (χ3v) is 6.71. The van der Waals surface area contributed by atoms with E-state index in [9.17, 15) is 0 Å². The van der Waals surface area contributed by atoms with Gasteiger partial charge >= 0.3 is 0 Å². The van der Waals surface area contributed by atoms with Crippen LogP contribution in [0, 0.1) is 0 Å². The molecule has 0 saturated carbocycles. The lowest BCUT2D eigenvalue weighted by Gasteiger charge is -2.11. The van der Waals surface area contributed by atoms with E-state index in [1.54, 1.807) is 0 Å². The fourth-order valence-corrected chi connectivity index (χ4v) is 4.79. The Labute approximate surface area is 220 Å². The van der Waals surface area contributed by atoms with Crippen LogP contribution in [0.1, 0.15) is 0 Å². The van der Waals surface area contributed by atoms with Crippen LogP contribution >= 0.6 is 0 Å². The van der Waals surface area contributed by atoms with Crippen LogP contribution in [0.3, 0.4) is 0 Å². The van der Waals surface area contributed by atoms with Gasteiger partial charge in [0.15, 0.2) is 5.82 Å². The summed E-state index contributed by atoms with van der Waals surface area (Å²) in [6.45, 7) is 0. The largest absolute Gasteiger partial charge is 0.254 e. The fourth-order valence-electron chi connectivity index (χ4n) is 4.79. The predicted octanol–water partition coefficient (Wildman–Crippen LogP) is 8.24. The van der Waals surface area contributed by atoms with Crippen molar-refractivity contribution in [1.82, 2.24) is 19.9 Å². The number of benzene rings is 4. The Bertz CT molecular complexity index is 1860. The second-order valence-electron chi connectivity index (χ2n) is 9.18. The molecule has 0 unspecified atom stereocenters. The van der Waals surface area contributed by atoms with Gasteiger partial charge < -0.3 is 0 Å². The minimum absolute atomic E-state index is 0.703. The normalized spacial score (nSPS) is 11.2. The average molecular weight is 487 g/mol. The third-order valence-electron chi connectivity index (χ3n) is 6.71. The maximum Gasteiger partial charge on any atom is 0.160 e. The molecule has 0 aliphatic heterocycles. The number of aromatic nitrogens is 4. The Morgan fingerprint density at radius 1 is 0.368 bits per heavy atom. The fraction of sp³-hybridized carbons (Fsp3) is 0. The molecule has 0 fully saturated rings. The Morgan fingerprint density at radius 2 is 0.974 bits per heavy atom. The second-order valence-corrected chi connectivity index (χ2v) is 9.18. The van der Waals surface area contributed by atoms with Gasteiger partial charge in [-0.25, -0.2) is 15.0 Å². The van der Waals surface area contributed by atoms with E-state index in [4.69, 9.17) is 15.0 Å². The highest BCUT2D eigenvalue weighted by Crippen LogP contribution is 2.31. The molecule has 0 spiro atoms. The molecule has 4 heteroatoms. The summed E-state index contributed by atoms with van der Waals surface area (Å²) in [5.41, 5.74) is 8.56. The van der Waals surface area contributed by atoms with Crippen molar-refractivity contribution in [3.05, 3.63) is 134 Å². The summed E-state index contributed by atoms with van der Waals surface area (Å²) in [5, 5.41) is 2.16. The molecule has 0 atom stereocenters. The molecule has 4 aromatic carbocycles. The molecule has 7 aromatic rings. The highest BCUT2D eigenvalue weighted by molar-refractivity contribution is 6.03. The van der Waals surface area contributed by atoms with Crippen molar-refractivity contribution in [3.63, 3.8) is 0 Å². The summed E-state index contributed by atoms with van der Waals surface area (Å²) in [6.07, 6.45) is 1.82. The molecule has 3 aromatic heterocycles. The Morgan fingerprint density at radius 3 is 1.74 bits per heavy atom. The number of hydrogen-bond donors (Lipinski definition) is 0. The van der Waals surface area contributed by atoms with Gasteiger partial charge in [-0.15, -0.1) is 0 Å². The van der Waals surface area contributed by atoms with E-state index in [0.717, 1.165) is 61.1 Å². The number of fused-ring (bicyclic) bond motifs is 3. The Kier molecular flexibility index (Phi) is 5.41. The van der Waals surface area contributed by atoms with Crippen molar-refractivity contribution in [3.8, 4) is 45.2 Å². The minimum Gasteiger partial charge on any atom is -0.254 e. The van der Waals surface area contributed by atoms with Gasteiger partial charge in [-0.05, 0) is 24.3 Å². The van der Waals surface area contributed by atoms with Crippen LogP contribution in [0.4, 0.5) is 0 Å². The summed E-state index contributed by atoms with van der Waals surface area (Å²) in [6, 6.07) is 43.2. The molecule has 0 N–H and O–H groups in total. The molecule has 38 heavy (non-hydrogen) atoms.